The summed E-state index contributed by atoms with van der Waals surface area (Å²) in [7, 11) is -3.91. The lowest BCUT2D eigenvalue weighted by Gasteiger charge is -2.12. The lowest BCUT2D eigenvalue weighted by molar-refractivity contribution is -0.135. The van der Waals surface area contributed by atoms with Gasteiger partial charge in [0.25, 0.3) is 10.0 Å². The van der Waals surface area contributed by atoms with Crippen molar-refractivity contribution in [3.05, 3.63) is 64.7 Å². The summed E-state index contributed by atoms with van der Waals surface area (Å²) < 4.78 is 30.6. The molecule has 0 fully saturated rings. The number of hydrazone groups is 1. The maximum absolute atomic E-state index is 12.8. The van der Waals surface area contributed by atoms with E-state index in [1.54, 1.807) is 32.9 Å². The van der Waals surface area contributed by atoms with Gasteiger partial charge in [-0.2, -0.15) is 18.4 Å². The molecule has 0 saturated carbocycles. The Morgan fingerprint density at radius 3 is 2.25 bits per heavy atom. The molecule has 28 heavy (non-hydrogen) atoms. The van der Waals surface area contributed by atoms with E-state index in [4.69, 9.17) is 4.74 Å². The fourth-order valence-electron chi connectivity index (χ4n) is 3.08. The van der Waals surface area contributed by atoms with Gasteiger partial charge in [-0.1, -0.05) is 48.0 Å². The molecule has 0 aliphatic heterocycles. The first-order valence-corrected chi connectivity index (χ1v) is 10.6. The van der Waals surface area contributed by atoms with Crippen LogP contribution in [0.15, 0.2) is 52.5 Å². The molecule has 2 rings (SSSR count). The molecule has 0 unspecified atom stereocenters. The first-order chi connectivity index (χ1) is 13.2. The van der Waals surface area contributed by atoms with Crippen LogP contribution in [0.25, 0.3) is 0 Å². The highest BCUT2D eigenvalue weighted by Crippen LogP contribution is 2.21. The second-order valence-electron chi connectivity index (χ2n) is 6.59. The zero-order valence-electron chi connectivity index (χ0n) is 16.7. The van der Waals surface area contributed by atoms with E-state index in [-0.39, 0.29) is 23.6 Å². The van der Waals surface area contributed by atoms with Crippen molar-refractivity contribution in [2.75, 3.05) is 6.61 Å². The zero-order chi connectivity index (χ0) is 20.7. The molecule has 0 radical (unpaired) electrons. The summed E-state index contributed by atoms with van der Waals surface area (Å²) in [5, 5.41) is 3.91. The number of carbonyl (C=O) groups excluding carboxylic acids is 1. The first kappa shape index (κ1) is 21.6. The van der Waals surface area contributed by atoms with E-state index in [2.05, 4.69) is 9.93 Å². The highest BCUT2D eigenvalue weighted by Gasteiger charge is 2.21. The summed E-state index contributed by atoms with van der Waals surface area (Å²) in [4.78, 5) is 14.6. The third-order valence-electron chi connectivity index (χ3n) is 4.18. The van der Waals surface area contributed by atoms with Gasteiger partial charge in [0.1, 0.15) is 5.71 Å². The molecule has 6 nitrogen and oxygen atoms in total. The van der Waals surface area contributed by atoms with Crippen LogP contribution in [0.2, 0.25) is 0 Å². The fourth-order valence-corrected chi connectivity index (χ4v) is 4.36. The zero-order valence-corrected chi connectivity index (χ0v) is 17.5. The third kappa shape index (κ3) is 5.66. The molecule has 2 aromatic rings. The molecule has 1 N–H and O–H groups in total. The Kier molecular flexibility index (Phi) is 7.34. The minimum atomic E-state index is -3.91. The van der Waals surface area contributed by atoms with E-state index < -0.39 is 16.0 Å². The van der Waals surface area contributed by atoms with Crippen LogP contribution in [-0.4, -0.2) is 26.7 Å². The van der Waals surface area contributed by atoms with Gasteiger partial charge in [-0.15, -0.1) is 0 Å². The monoisotopic (exact) mass is 402 g/mol. The molecule has 2 aromatic carbocycles. The summed E-state index contributed by atoms with van der Waals surface area (Å²) in [6.45, 7) is 7.26. The van der Waals surface area contributed by atoms with Gasteiger partial charge in [-0.25, -0.2) is 4.79 Å². The minimum Gasteiger partial charge on any atom is -0.461 e. The number of hydrogen-bond donors (Lipinski definition) is 1. The maximum atomic E-state index is 12.8. The lowest BCUT2D eigenvalue weighted by atomic mass is 10.1. The van der Waals surface area contributed by atoms with Gasteiger partial charge < -0.3 is 4.74 Å². The van der Waals surface area contributed by atoms with E-state index in [9.17, 15) is 13.2 Å². The predicted molar refractivity (Wildman–Crippen MR) is 110 cm³/mol. The molecule has 0 amide bonds. The fraction of sp³-hybridized carbons (Fsp3) is 0.333. The molecular formula is C21H26N2O4S. The quantitative estimate of drug-likeness (QED) is 0.416. The van der Waals surface area contributed by atoms with Gasteiger partial charge in [-0.05, 0) is 50.8 Å². The lowest BCUT2D eigenvalue weighted by Crippen LogP contribution is -2.26. The smallest absolute Gasteiger partial charge is 0.354 e. The van der Waals surface area contributed by atoms with E-state index in [1.165, 1.54) is 0 Å². The summed E-state index contributed by atoms with van der Waals surface area (Å²) >= 11 is 0. The Morgan fingerprint density at radius 1 is 1.07 bits per heavy atom. The number of esters is 1. The van der Waals surface area contributed by atoms with Crippen molar-refractivity contribution in [3.63, 3.8) is 0 Å². The predicted octanol–water partition coefficient (Wildman–Crippen LogP) is 3.44. The van der Waals surface area contributed by atoms with Crippen LogP contribution >= 0.6 is 0 Å². The van der Waals surface area contributed by atoms with Crippen LogP contribution in [0.3, 0.4) is 0 Å². The molecule has 0 spiro atoms. The van der Waals surface area contributed by atoms with Crippen LogP contribution in [0, 0.1) is 20.8 Å². The van der Waals surface area contributed by atoms with Crippen molar-refractivity contribution in [2.24, 2.45) is 5.10 Å². The molecule has 0 atom stereocenters. The number of benzene rings is 2. The van der Waals surface area contributed by atoms with Crippen molar-refractivity contribution < 1.29 is 17.9 Å². The Labute approximate surface area is 166 Å². The number of nitrogens with zero attached hydrogens (tertiary/aromatic N) is 1. The van der Waals surface area contributed by atoms with Crippen molar-refractivity contribution >= 4 is 21.7 Å². The number of sulfonamides is 1. The van der Waals surface area contributed by atoms with Crippen LogP contribution in [0.1, 0.15) is 35.6 Å². The van der Waals surface area contributed by atoms with Gasteiger partial charge >= 0.3 is 5.97 Å². The summed E-state index contributed by atoms with van der Waals surface area (Å²) in [5.41, 5.74) is 3.29. The molecule has 7 heteroatoms. The maximum Gasteiger partial charge on any atom is 0.354 e. The van der Waals surface area contributed by atoms with E-state index in [0.717, 1.165) is 11.1 Å². The summed E-state index contributed by atoms with van der Waals surface area (Å²) in [5.74, 6) is -0.626. The van der Waals surface area contributed by atoms with Crippen LogP contribution in [0.4, 0.5) is 0 Å². The first-order valence-electron chi connectivity index (χ1n) is 9.12. The Bertz CT molecular complexity index is 944. The molecular weight excluding hydrogens is 376 g/mol. The molecule has 0 bridgehead atoms. The van der Waals surface area contributed by atoms with E-state index >= 15 is 0 Å². The number of hydrogen-bond acceptors (Lipinski definition) is 5. The second-order valence-corrected chi connectivity index (χ2v) is 8.18. The Balaban J connectivity index is 2.26. The largest absolute Gasteiger partial charge is 0.461 e. The van der Waals surface area contributed by atoms with Gasteiger partial charge in [0, 0.05) is 6.42 Å². The number of carbonyl (C=O) groups is 1. The van der Waals surface area contributed by atoms with Crippen molar-refractivity contribution in [1.29, 1.82) is 0 Å². The van der Waals surface area contributed by atoms with Crippen molar-refractivity contribution in [3.8, 4) is 0 Å². The van der Waals surface area contributed by atoms with Crippen LogP contribution in [-0.2, 0) is 26.0 Å². The second kappa shape index (κ2) is 9.50. The average Bonchev–Trinajstić information content (AvgIpc) is 2.61. The standard InChI is InChI=1S/C21H26N2O4S/c1-5-27-21(24)19(12-11-18-9-7-6-8-10-18)22-23-28(25,26)20-16(3)13-15(2)14-17(20)4/h6-10,13-14,23H,5,11-12H2,1-4H3/b22-19-. The number of aryl methyl sites for hydroxylation is 4. The van der Waals surface area contributed by atoms with Crippen LogP contribution < -0.4 is 4.83 Å². The molecule has 0 aliphatic carbocycles. The Morgan fingerprint density at radius 2 is 1.68 bits per heavy atom. The SMILES string of the molecule is CCOC(=O)/C(CCc1ccccc1)=N\NS(=O)(=O)c1c(C)cc(C)cc1C. The van der Waals surface area contributed by atoms with Crippen LogP contribution in [0.5, 0.6) is 0 Å². The summed E-state index contributed by atoms with van der Waals surface area (Å²) in [6, 6.07) is 13.2. The molecule has 150 valence electrons. The third-order valence-corrected chi connectivity index (χ3v) is 5.69. The highest BCUT2D eigenvalue weighted by atomic mass is 32.2. The topological polar surface area (TPSA) is 84.8 Å². The minimum absolute atomic E-state index is 0.0386. The van der Waals surface area contributed by atoms with Gasteiger partial charge in [0.2, 0.25) is 0 Å². The molecule has 0 aromatic heterocycles. The summed E-state index contributed by atoms with van der Waals surface area (Å²) in [6.07, 6.45) is 0.806. The normalized spacial score (nSPS) is 11.9. The number of rotatable bonds is 8. The number of ether oxygens (including phenoxy) is 1. The molecule has 0 heterocycles. The van der Waals surface area contributed by atoms with Crippen molar-refractivity contribution in [2.45, 2.75) is 45.4 Å². The number of nitrogens with one attached hydrogen (secondary N) is 1. The Hall–Kier alpha value is -2.67. The van der Waals surface area contributed by atoms with Gasteiger partial charge in [0.05, 0.1) is 11.5 Å². The highest BCUT2D eigenvalue weighted by molar-refractivity contribution is 7.89. The van der Waals surface area contributed by atoms with E-state index in [0.29, 0.717) is 17.5 Å². The molecule has 0 aliphatic rings. The van der Waals surface area contributed by atoms with Gasteiger partial charge in [-0.3, -0.25) is 0 Å². The van der Waals surface area contributed by atoms with E-state index in [1.807, 2.05) is 37.3 Å². The van der Waals surface area contributed by atoms with Gasteiger partial charge in [0.15, 0.2) is 0 Å². The molecule has 0 saturated heterocycles. The average molecular weight is 403 g/mol. The van der Waals surface area contributed by atoms with Crippen molar-refractivity contribution in [1.82, 2.24) is 4.83 Å².